The number of ether oxygens (including phenoxy) is 2. The van der Waals surface area contributed by atoms with Gasteiger partial charge < -0.3 is 20.1 Å². The zero-order chi connectivity index (χ0) is 18.8. The summed E-state index contributed by atoms with van der Waals surface area (Å²) in [7, 11) is 3.16. The van der Waals surface area contributed by atoms with Crippen molar-refractivity contribution in [1.29, 1.82) is 0 Å². The smallest absolute Gasteiger partial charge is 0.255 e. The fraction of sp³-hybridized carbons (Fsp3) is 0.300. The van der Waals surface area contributed by atoms with Gasteiger partial charge in [-0.25, -0.2) is 0 Å². The van der Waals surface area contributed by atoms with Crippen molar-refractivity contribution in [2.75, 3.05) is 20.8 Å². The van der Waals surface area contributed by atoms with Crippen LogP contribution in [0.15, 0.2) is 48.5 Å². The second-order valence-corrected chi connectivity index (χ2v) is 5.74. The van der Waals surface area contributed by atoms with Crippen LogP contribution in [0.4, 0.5) is 0 Å². The van der Waals surface area contributed by atoms with Crippen LogP contribution in [-0.4, -0.2) is 32.6 Å². The Morgan fingerprint density at radius 3 is 2.50 bits per heavy atom. The average Bonchev–Trinajstić information content (AvgIpc) is 2.67. The second-order valence-electron chi connectivity index (χ2n) is 5.74. The molecule has 2 N–H and O–H groups in total. The van der Waals surface area contributed by atoms with Gasteiger partial charge in [0, 0.05) is 26.6 Å². The lowest BCUT2D eigenvalue weighted by atomic mass is 10.1. The predicted octanol–water partition coefficient (Wildman–Crippen LogP) is 2.28. The molecule has 2 rings (SSSR count). The SMILES string of the molecule is COCc1cccc(CNC(=O)CCNC(=O)c2ccccc2OC)c1. The maximum Gasteiger partial charge on any atom is 0.255 e. The summed E-state index contributed by atoms with van der Waals surface area (Å²) < 4.78 is 10.3. The van der Waals surface area contributed by atoms with Gasteiger partial charge in [-0.1, -0.05) is 36.4 Å². The first-order valence-electron chi connectivity index (χ1n) is 8.38. The van der Waals surface area contributed by atoms with Crippen molar-refractivity contribution in [3.05, 3.63) is 65.2 Å². The second kappa shape index (κ2) is 10.2. The van der Waals surface area contributed by atoms with Crippen LogP contribution in [0.5, 0.6) is 5.75 Å². The van der Waals surface area contributed by atoms with Crippen LogP contribution in [0.25, 0.3) is 0 Å². The van der Waals surface area contributed by atoms with E-state index in [-0.39, 0.29) is 24.8 Å². The molecule has 0 spiro atoms. The predicted molar refractivity (Wildman–Crippen MR) is 98.9 cm³/mol. The molecule has 0 aliphatic heterocycles. The Kier molecular flexibility index (Phi) is 7.64. The highest BCUT2D eigenvalue weighted by atomic mass is 16.5. The highest BCUT2D eigenvalue weighted by Gasteiger charge is 2.11. The van der Waals surface area contributed by atoms with Crippen LogP contribution in [-0.2, 0) is 22.7 Å². The molecular weight excluding hydrogens is 332 g/mol. The quantitative estimate of drug-likeness (QED) is 0.723. The third kappa shape index (κ3) is 5.89. The number of carbonyl (C=O) groups excluding carboxylic acids is 2. The van der Waals surface area contributed by atoms with Gasteiger partial charge in [0.1, 0.15) is 5.75 Å². The lowest BCUT2D eigenvalue weighted by Crippen LogP contribution is -2.30. The molecule has 6 nitrogen and oxygen atoms in total. The molecule has 2 aromatic rings. The Labute approximate surface area is 153 Å². The van der Waals surface area contributed by atoms with Crippen LogP contribution >= 0.6 is 0 Å². The van der Waals surface area contributed by atoms with E-state index in [4.69, 9.17) is 9.47 Å². The minimum absolute atomic E-state index is 0.123. The summed E-state index contributed by atoms with van der Waals surface area (Å²) in [6.07, 6.45) is 0.207. The van der Waals surface area contributed by atoms with Gasteiger partial charge in [0.05, 0.1) is 19.3 Å². The molecule has 0 atom stereocenters. The number of amides is 2. The molecule has 6 heteroatoms. The first-order valence-corrected chi connectivity index (χ1v) is 8.38. The monoisotopic (exact) mass is 356 g/mol. The summed E-state index contributed by atoms with van der Waals surface area (Å²) in [6.45, 7) is 1.24. The minimum Gasteiger partial charge on any atom is -0.496 e. The Hall–Kier alpha value is -2.86. The lowest BCUT2D eigenvalue weighted by Gasteiger charge is -2.10. The van der Waals surface area contributed by atoms with Gasteiger partial charge in [0.15, 0.2) is 0 Å². The fourth-order valence-electron chi connectivity index (χ4n) is 2.50. The number of hydrogen-bond donors (Lipinski definition) is 2. The third-order valence-electron chi connectivity index (χ3n) is 3.78. The van der Waals surface area contributed by atoms with E-state index in [0.717, 1.165) is 11.1 Å². The molecule has 26 heavy (non-hydrogen) atoms. The molecule has 0 bridgehead atoms. The Bertz CT molecular complexity index is 746. The van der Waals surface area contributed by atoms with Gasteiger partial charge in [0.2, 0.25) is 5.91 Å². The Morgan fingerprint density at radius 1 is 0.962 bits per heavy atom. The standard InChI is InChI=1S/C20H24N2O4/c1-25-14-16-7-5-6-15(12-16)13-22-19(23)10-11-21-20(24)17-8-3-4-9-18(17)26-2/h3-9,12H,10-11,13-14H2,1-2H3,(H,21,24)(H,22,23). The van der Waals surface area contributed by atoms with Crippen molar-refractivity contribution in [2.24, 2.45) is 0 Å². The maximum absolute atomic E-state index is 12.1. The summed E-state index contributed by atoms with van der Waals surface area (Å²) in [6, 6.07) is 14.8. The average molecular weight is 356 g/mol. The maximum atomic E-state index is 12.1. The molecule has 0 heterocycles. The Balaban J connectivity index is 1.75. The summed E-state index contributed by atoms with van der Waals surface area (Å²) >= 11 is 0. The van der Waals surface area contributed by atoms with E-state index in [2.05, 4.69) is 10.6 Å². The molecular formula is C20H24N2O4. The van der Waals surface area contributed by atoms with Crippen LogP contribution in [0.3, 0.4) is 0 Å². The van der Waals surface area contributed by atoms with Crippen LogP contribution in [0.1, 0.15) is 27.9 Å². The van der Waals surface area contributed by atoms with Gasteiger partial charge in [0.25, 0.3) is 5.91 Å². The molecule has 0 saturated heterocycles. The van der Waals surface area contributed by atoms with Crippen molar-refractivity contribution in [3.63, 3.8) is 0 Å². The van der Waals surface area contributed by atoms with E-state index in [0.29, 0.717) is 24.5 Å². The largest absolute Gasteiger partial charge is 0.496 e. The number of para-hydroxylation sites is 1. The van der Waals surface area contributed by atoms with Gasteiger partial charge in [-0.05, 0) is 23.3 Å². The summed E-state index contributed by atoms with van der Waals surface area (Å²) in [5.41, 5.74) is 2.51. The first-order chi connectivity index (χ1) is 12.6. The van der Waals surface area contributed by atoms with Crippen LogP contribution in [0, 0.1) is 0 Å². The van der Waals surface area contributed by atoms with E-state index in [1.807, 2.05) is 24.3 Å². The van der Waals surface area contributed by atoms with Crippen LogP contribution in [0.2, 0.25) is 0 Å². The summed E-state index contributed by atoms with van der Waals surface area (Å²) in [5, 5.41) is 5.58. The van der Waals surface area contributed by atoms with E-state index < -0.39 is 0 Å². The summed E-state index contributed by atoms with van der Waals surface area (Å²) in [4.78, 5) is 24.1. The van der Waals surface area contributed by atoms with E-state index in [9.17, 15) is 9.59 Å². The summed E-state index contributed by atoms with van der Waals surface area (Å²) in [5.74, 6) is 0.121. The number of nitrogens with one attached hydrogen (secondary N) is 2. The molecule has 0 saturated carbocycles. The number of rotatable bonds is 9. The van der Waals surface area contributed by atoms with Crippen LogP contribution < -0.4 is 15.4 Å². The molecule has 2 amide bonds. The third-order valence-corrected chi connectivity index (χ3v) is 3.78. The van der Waals surface area contributed by atoms with Gasteiger partial charge in [-0.3, -0.25) is 9.59 Å². The molecule has 0 aliphatic carbocycles. The zero-order valence-electron chi connectivity index (χ0n) is 15.1. The van der Waals surface area contributed by atoms with Crippen molar-refractivity contribution < 1.29 is 19.1 Å². The zero-order valence-corrected chi connectivity index (χ0v) is 15.1. The molecule has 0 radical (unpaired) electrons. The van der Waals surface area contributed by atoms with E-state index in [1.165, 1.54) is 7.11 Å². The molecule has 0 unspecified atom stereocenters. The van der Waals surface area contributed by atoms with Gasteiger partial charge in [-0.15, -0.1) is 0 Å². The molecule has 0 aliphatic rings. The number of carbonyl (C=O) groups is 2. The fourth-order valence-corrected chi connectivity index (χ4v) is 2.50. The minimum atomic E-state index is -0.262. The highest BCUT2D eigenvalue weighted by molar-refractivity contribution is 5.97. The lowest BCUT2D eigenvalue weighted by molar-refractivity contribution is -0.121. The van der Waals surface area contributed by atoms with Crippen molar-refractivity contribution in [2.45, 2.75) is 19.6 Å². The van der Waals surface area contributed by atoms with Gasteiger partial charge in [-0.2, -0.15) is 0 Å². The van der Waals surface area contributed by atoms with Crippen molar-refractivity contribution in [1.82, 2.24) is 10.6 Å². The number of benzene rings is 2. The van der Waals surface area contributed by atoms with Crippen molar-refractivity contribution >= 4 is 11.8 Å². The van der Waals surface area contributed by atoms with E-state index in [1.54, 1.807) is 31.4 Å². The number of hydrogen-bond acceptors (Lipinski definition) is 4. The van der Waals surface area contributed by atoms with E-state index >= 15 is 0 Å². The number of methoxy groups -OCH3 is 2. The highest BCUT2D eigenvalue weighted by Crippen LogP contribution is 2.16. The van der Waals surface area contributed by atoms with Gasteiger partial charge >= 0.3 is 0 Å². The van der Waals surface area contributed by atoms with Crippen molar-refractivity contribution in [3.8, 4) is 5.75 Å². The molecule has 138 valence electrons. The normalized spacial score (nSPS) is 10.2. The topological polar surface area (TPSA) is 76.7 Å². The first kappa shape index (κ1) is 19.5. The Morgan fingerprint density at radius 2 is 1.73 bits per heavy atom. The molecule has 0 fully saturated rings. The molecule has 2 aromatic carbocycles. The molecule has 0 aromatic heterocycles.